The molecule has 1 aromatic rings. The zero-order valence-electron chi connectivity index (χ0n) is 11.2. The van der Waals surface area contributed by atoms with E-state index in [0.717, 1.165) is 12.0 Å². The van der Waals surface area contributed by atoms with Crippen LogP contribution in [0.15, 0.2) is 30.3 Å². The van der Waals surface area contributed by atoms with Crippen molar-refractivity contribution >= 4 is 0 Å². The summed E-state index contributed by atoms with van der Waals surface area (Å²) in [6.45, 7) is 4.71. The summed E-state index contributed by atoms with van der Waals surface area (Å²) in [4.78, 5) is 0. The van der Waals surface area contributed by atoms with E-state index in [2.05, 4.69) is 49.5 Å². The van der Waals surface area contributed by atoms with Crippen LogP contribution in [0, 0.1) is 5.92 Å². The molecular formula is C16H25N. The molecular weight excluding hydrogens is 206 g/mol. The number of benzene rings is 1. The predicted octanol–water partition coefficient (Wildman–Crippen LogP) is 3.79. The monoisotopic (exact) mass is 231 g/mol. The van der Waals surface area contributed by atoms with Gasteiger partial charge in [-0.05, 0) is 44.1 Å². The maximum atomic E-state index is 3.80. The Kier molecular flexibility index (Phi) is 4.61. The Morgan fingerprint density at radius 3 is 2.65 bits per heavy atom. The van der Waals surface area contributed by atoms with Crippen LogP contribution in [0.5, 0.6) is 0 Å². The molecule has 0 heterocycles. The van der Waals surface area contributed by atoms with Gasteiger partial charge in [0.25, 0.3) is 0 Å². The van der Waals surface area contributed by atoms with Gasteiger partial charge < -0.3 is 5.32 Å². The summed E-state index contributed by atoms with van der Waals surface area (Å²) in [6, 6.07) is 12.2. The van der Waals surface area contributed by atoms with Crippen molar-refractivity contribution in [2.24, 2.45) is 5.92 Å². The van der Waals surface area contributed by atoms with E-state index in [1.54, 1.807) is 0 Å². The molecule has 0 amide bonds. The summed E-state index contributed by atoms with van der Waals surface area (Å²) in [5, 5.41) is 3.80. The van der Waals surface area contributed by atoms with Crippen LogP contribution in [0.4, 0.5) is 0 Å². The Bertz CT molecular complexity index is 320. The van der Waals surface area contributed by atoms with E-state index in [9.17, 15) is 0 Å². The lowest BCUT2D eigenvalue weighted by atomic mass is 10.0. The minimum Gasteiger partial charge on any atom is -0.311 e. The van der Waals surface area contributed by atoms with E-state index in [1.165, 1.54) is 37.7 Å². The third kappa shape index (κ3) is 3.85. The van der Waals surface area contributed by atoms with Gasteiger partial charge in [-0.1, -0.05) is 43.7 Å². The Balaban J connectivity index is 1.72. The molecule has 0 spiro atoms. The molecule has 0 aliphatic heterocycles. The van der Waals surface area contributed by atoms with Crippen molar-refractivity contribution in [2.75, 3.05) is 0 Å². The van der Waals surface area contributed by atoms with Crippen molar-refractivity contribution in [3.05, 3.63) is 35.9 Å². The first-order valence-corrected chi connectivity index (χ1v) is 7.05. The molecule has 1 heteroatoms. The van der Waals surface area contributed by atoms with Gasteiger partial charge in [-0.2, -0.15) is 0 Å². The average Bonchev–Trinajstić information content (AvgIpc) is 2.74. The van der Waals surface area contributed by atoms with E-state index in [1.807, 2.05) is 0 Å². The van der Waals surface area contributed by atoms with Crippen LogP contribution in [0.2, 0.25) is 0 Å². The minimum atomic E-state index is 0.640. The fourth-order valence-corrected chi connectivity index (χ4v) is 2.87. The smallest absolute Gasteiger partial charge is 0.00951 e. The summed E-state index contributed by atoms with van der Waals surface area (Å²) in [5.74, 6) is 0.870. The first-order chi connectivity index (χ1) is 8.25. The molecule has 1 aliphatic rings. The number of hydrogen-bond donors (Lipinski definition) is 1. The minimum absolute atomic E-state index is 0.640. The van der Waals surface area contributed by atoms with Gasteiger partial charge in [-0.25, -0.2) is 0 Å². The Morgan fingerprint density at radius 1 is 1.24 bits per heavy atom. The molecule has 1 aliphatic carbocycles. The molecule has 0 aromatic heterocycles. The Morgan fingerprint density at radius 2 is 2.00 bits per heavy atom. The molecule has 94 valence electrons. The molecule has 17 heavy (non-hydrogen) atoms. The quantitative estimate of drug-likeness (QED) is 0.813. The van der Waals surface area contributed by atoms with E-state index in [0.29, 0.717) is 6.04 Å². The highest BCUT2D eigenvalue weighted by molar-refractivity contribution is 5.14. The molecule has 0 radical (unpaired) electrons. The van der Waals surface area contributed by atoms with Crippen LogP contribution in [-0.4, -0.2) is 12.1 Å². The van der Waals surface area contributed by atoms with Gasteiger partial charge in [0.1, 0.15) is 0 Å². The molecule has 1 saturated carbocycles. The van der Waals surface area contributed by atoms with Crippen LogP contribution in [-0.2, 0) is 6.42 Å². The lowest BCUT2D eigenvalue weighted by Crippen LogP contribution is -2.38. The highest BCUT2D eigenvalue weighted by Crippen LogP contribution is 2.25. The lowest BCUT2D eigenvalue weighted by molar-refractivity contribution is 0.372. The highest BCUT2D eigenvalue weighted by atomic mass is 15.0. The number of hydrogen-bond acceptors (Lipinski definition) is 1. The fraction of sp³-hybridized carbons (Fsp3) is 0.625. The van der Waals surface area contributed by atoms with Crippen molar-refractivity contribution < 1.29 is 0 Å². The summed E-state index contributed by atoms with van der Waals surface area (Å²) in [5.41, 5.74) is 1.46. The highest BCUT2D eigenvalue weighted by Gasteiger charge is 2.23. The van der Waals surface area contributed by atoms with Crippen LogP contribution in [0.1, 0.15) is 45.1 Å². The zero-order chi connectivity index (χ0) is 12.1. The largest absolute Gasteiger partial charge is 0.311 e. The van der Waals surface area contributed by atoms with Gasteiger partial charge in [0.15, 0.2) is 0 Å². The van der Waals surface area contributed by atoms with E-state index in [4.69, 9.17) is 0 Å². The maximum absolute atomic E-state index is 3.80. The van der Waals surface area contributed by atoms with Crippen molar-refractivity contribution in [3.63, 3.8) is 0 Å². The topological polar surface area (TPSA) is 12.0 Å². The van der Waals surface area contributed by atoms with Crippen LogP contribution < -0.4 is 5.32 Å². The van der Waals surface area contributed by atoms with Gasteiger partial charge >= 0.3 is 0 Å². The zero-order valence-corrected chi connectivity index (χ0v) is 11.2. The van der Waals surface area contributed by atoms with Gasteiger partial charge in [-0.3, -0.25) is 0 Å². The first kappa shape index (κ1) is 12.6. The van der Waals surface area contributed by atoms with Gasteiger partial charge in [0.2, 0.25) is 0 Å². The second-order valence-electron chi connectivity index (χ2n) is 5.61. The SMILES string of the molecule is CC(CCc1ccccc1)NC1CCCC1C. The summed E-state index contributed by atoms with van der Waals surface area (Å²) < 4.78 is 0. The molecule has 1 fully saturated rings. The van der Waals surface area contributed by atoms with E-state index in [-0.39, 0.29) is 0 Å². The third-order valence-electron chi connectivity index (χ3n) is 4.07. The standard InChI is InChI=1S/C16H25N/c1-13-7-6-10-16(13)17-14(2)11-12-15-8-4-3-5-9-15/h3-5,8-9,13-14,16-17H,6-7,10-12H2,1-2H3. The first-order valence-electron chi connectivity index (χ1n) is 7.05. The van der Waals surface area contributed by atoms with Crippen molar-refractivity contribution in [2.45, 2.75) is 58.0 Å². The molecule has 1 nitrogen and oxygen atoms in total. The molecule has 1 N–H and O–H groups in total. The molecule has 3 unspecified atom stereocenters. The second-order valence-corrected chi connectivity index (χ2v) is 5.61. The van der Waals surface area contributed by atoms with E-state index < -0.39 is 0 Å². The average molecular weight is 231 g/mol. The predicted molar refractivity (Wildman–Crippen MR) is 74.2 cm³/mol. The Labute approximate surface area is 106 Å². The number of aryl methyl sites for hydroxylation is 1. The fourth-order valence-electron chi connectivity index (χ4n) is 2.87. The summed E-state index contributed by atoms with van der Waals surface area (Å²) in [7, 11) is 0. The van der Waals surface area contributed by atoms with E-state index >= 15 is 0 Å². The summed E-state index contributed by atoms with van der Waals surface area (Å²) in [6.07, 6.45) is 6.62. The van der Waals surface area contributed by atoms with Gasteiger partial charge in [0, 0.05) is 12.1 Å². The van der Waals surface area contributed by atoms with Gasteiger partial charge in [0.05, 0.1) is 0 Å². The van der Waals surface area contributed by atoms with Crippen molar-refractivity contribution in [1.29, 1.82) is 0 Å². The third-order valence-corrected chi connectivity index (χ3v) is 4.07. The number of nitrogens with one attached hydrogen (secondary N) is 1. The van der Waals surface area contributed by atoms with Crippen LogP contribution in [0.25, 0.3) is 0 Å². The molecule has 0 bridgehead atoms. The van der Waals surface area contributed by atoms with Gasteiger partial charge in [-0.15, -0.1) is 0 Å². The van der Waals surface area contributed by atoms with Crippen LogP contribution in [0.3, 0.4) is 0 Å². The van der Waals surface area contributed by atoms with Crippen molar-refractivity contribution in [3.8, 4) is 0 Å². The second kappa shape index (κ2) is 6.20. The van der Waals surface area contributed by atoms with Crippen molar-refractivity contribution in [1.82, 2.24) is 5.32 Å². The normalized spacial score (nSPS) is 26.0. The summed E-state index contributed by atoms with van der Waals surface area (Å²) >= 11 is 0. The molecule has 0 saturated heterocycles. The Hall–Kier alpha value is -0.820. The van der Waals surface area contributed by atoms with Crippen LogP contribution >= 0.6 is 0 Å². The molecule has 1 aromatic carbocycles. The molecule has 3 atom stereocenters. The maximum Gasteiger partial charge on any atom is 0.00951 e. The molecule has 2 rings (SSSR count). The lowest BCUT2D eigenvalue weighted by Gasteiger charge is -2.22. The number of rotatable bonds is 5.